The molecule has 4 aromatic carbocycles. The molecule has 0 bridgehead atoms. The summed E-state index contributed by atoms with van der Waals surface area (Å²) in [5, 5.41) is 2.90. The molecule has 1 amide bonds. The van der Waals surface area contributed by atoms with Gasteiger partial charge in [0, 0.05) is 5.56 Å². The molecule has 0 spiro atoms. The number of nitrogens with one attached hydrogen (secondary N) is 1. The second-order valence-electron chi connectivity index (χ2n) is 8.01. The zero-order valence-corrected chi connectivity index (χ0v) is 19.5. The van der Waals surface area contributed by atoms with Crippen LogP contribution < -0.4 is 5.32 Å². The SMILES string of the molecule is O=C(N[C@H](COC(=O)c1ccccc1)[C@H](OC(=O)c1ccccc1)c1ccccc1)c1ccccc1. The maximum absolute atomic E-state index is 13.1. The topological polar surface area (TPSA) is 81.7 Å². The van der Waals surface area contributed by atoms with Crippen LogP contribution in [-0.2, 0) is 9.47 Å². The number of benzene rings is 4. The molecule has 0 saturated carbocycles. The first kappa shape index (κ1) is 24.4. The average molecular weight is 480 g/mol. The molecule has 4 aromatic rings. The Morgan fingerprint density at radius 3 is 1.56 bits per heavy atom. The summed E-state index contributed by atoms with van der Waals surface area (Å²) in [6, 6.07) is 34.0. The first-order valence-corrected chi connectivity index (χ1v) is 11.5. The van der Waals surface area contributed by atoms with Gasteiger partial charge in [0.1, 0.15) is 12.6 Å². The van der Waals surface area contributed by atoms with Gasteiger partial charge in [-0.05, 0) is 42.0 Å². The van der Waals surface area contributed by atoms with Crippen molar-refractivity contribution in [2.45, 2.75) is 12.1 Å². The molecule has 36 heavy (non-hydrogen) atoms. The number of esters is 2. The second kappa shape index (κ2) is 12.1. The molecule has 0 radical (unpaired) electrons. The lowest BCUT2D eigenvalue weighted by Crippen LogP contribution is -2.44. The van der Waals surface area contributed by atoms with Gasteiger partial charge in [0.25, 0.3) is 5.91 Å². The highest BCUT2D eigenvalue weighted by Crippen LogP contribution is 2.24. The maximum Gasteiger partial charge on any atom is 0.338 e. The van der Waals surface area contributed by atoms with Gasteiger partial charge in [-0.2, -0.15) is 0 Å². The van der Waals surface area contributed by atoms with Gasteiger partial charge in [0.2, 0.25) is 0 Å². The van der Waals surface area contributed by atoms with Crippen molar-refractivity contribution in [3.63, 3.8) is 0 Å². The van der Waals surface area contributed by atoms with Crippen LogP contribution in [0.1, 0.15) is 42.7 Å². The van der Waals surface area contributed by atoms with Crippen molar-refractivity contribution in [1.82, 2.24) is 5.32 Å². The minimum atomic E-state index is -0.921. The number of amides is 1. The predicted molar refractivity (Wildman–Crippen MR) is 135 cm³/mol. The van der Waals surface area contributed by atoms with Gasteiger partial charge in [0.15, 0.2) is 6.10 Å². The highest BCUT2D eigenvalue weighted by atomic mass is 16.6. The Morgan fingerprint density at radius 2 is 1.03 bits per heavy atom. The molecule has 180 valence electrons. The molecule has 0 saturated heterocycles. The minimum Gasteiger partial charge on any atom is -0.460 e. The molecule has 6 heteroatoms. The Balaban J connectivity index is 1.63. The van der Waals surface area contributed by atoms with Crippen molar-refractivity contribution in [1.29, 1.82) is 0 Å². The standard InChI is InChI=1S/C30H25NO5/c32-28(23-15-7-2-8-16-23)31-26(21-35-29(33)24-17-9-3-10-18-24)27(22-13-5-1-6-14-22)36-30(34)25-19-11-4-12-20-25/h1-20,26-27H,21H2,(H,31,32)/t26-,27-/m1/s1. The lowest BCUT2D eigenvalue weighted by Gasteiger charge is -2.28. The molecule has 2 atom stereocenters. The maximum atomic E-state index is 13.1. The van der Waals surface area contributed by atoms with E-state index in [1.54, 1.807) is 97.1 Å². The van der Waals surface area contributed by atoms with Crippen LogP contribution in [0.5, 0.6) is 0 Å². The molecule has 1 N–H and O–H groups in total. The van der Waals surface area contributed by atoms with Crippen molar-refractivity contribution in [2.24, 2.45) is 0 Å². The van der Waals surface area contributed by atoms with Crippen LogP contribution in [0.2, 0.25) is 0 Å². The molecule has 0 unspecified atom stereocenters. The van der Waals surface area contributed by atoms with E-state index < -0.39 is 24.1 Å². The Labute approximate surface area is 209 Å². The van der Waals surface area contributed by atoms with Crippen molar-refractivity contribution in [3.05, 3.63) is 144 Å². The molecule has 0 aliphatic heterocycles. The predicted octanol–water partition coefficient (Wildman–Crippen LogP) is 5.24. The number of carbonyl (C=O) groups excluding carboxylic acids is 3. The van der Waals surface area contributed by atoms with Gasteiger partial charge in [-0.3, -0.25) is 4.79 Å². The summed E-state index contributed by atoms with van der Waals surface area (Å²) in [6.07, 6.45) is -0.921. The summed E-state index contributed by atoms with van der Waals surface area (Å²) in [4.78, 5) is 38.7. The van der Waals surface area contributed by atoms with E-state index in [9.17, 15) is 14.4 Å². The van der Waals surface area contributed by atoms with Crippen molar-refractivity contribution < 1.29 is 23.9 Å². The summed E-state index contributed by atoms with van der Waals surface area (Å²) >= 11 is 0. The molecule has 4 rings (SSSR count). The molecule has 6 nitrogen and oxygen atoms in total. The van der Waals surface area contributed by atoms with Crippen LogP contribution >= 0.6 is 0 Å². The number of rotatable bonds is 9. The van der Waals surface area contributed by atoms with Crippen LogP contribution in [0, 0.1) is 0 Å². The molecular weight excluding hydrogens is 454 g/mol. The molecule has 0 aromatic heterocycles. The zero-order valence-electron chi connectivity index (χ0n) is 19.5. The number of hydrogen-bond acceptors (Lipinski definition) is 5. The first-order valence-electron chi connectivity index (χ1n) is 11.5. The van der Waals surface area contributed by atoms with Crippen LogP contribution in [0.25, 0.3) is 0 Å². The van der Waals surface area contributed by atoms with Gasteiger partial charge in [-0.25, -0.2) is 9.59 Å². The van der Waals surface area contributed by atoms with E-state index in [1.165, 1.54) is 0 Å². The lowest BCUT2D eigenvalue weighted by molar-refractivity contribution is 0.00485. The third-order valence-electron chi connectivity index (χ3n) is 5.49. The van der Waals surface area contributed by atoms with E-state index in [1.807, 2.05) is 24.3 Å². The number of ether oxygens (including phenoxy) is 2. The molecule has 0 fully saturated rings. The number of hydrogen-bond donors (Lipinski definition) is 1. The normalized spacial score (nSPS) is 12.1. The number of carbonyl (C=O) groups is 3. The van der Waals surface area contributed by atoms with Crippen LogP contribution in [0.3, 0.4) is 0 Å². The molecule has 0 aliphatic rings. The van der Waals surface area contributed by atoms with E-state index in [-0.39, 0.29) is 12.5 Å². The minimum absolute atomic E-state index is 0.214. The smallest absolute Gasteiger partial charge is 0.338 e. The van der Waals surface area contributed by atoms with Crippen molar-refractivity contribution in [2.75, 3.05) is 6.61 Å². The molecule has 0 heterocycles. The average Bonchev–Trinajstić information content (AvgIpc) is 2.95. The highest BCUT2D eigenvalue weighted by Gasteiger charge is 2.31. The molecule has 0 aliphatic carbocycles. The third-order valence-corrected chi connectivity index (χ3v) is 5.49. The summed E-state index contributed by atoms with van der Waals surface area (Å²) in [7, 11) is 0. The van der Waals surface area contributed by atoms with Crippen LogP contribution in [0.4, 0.5) is 0 Å². The Kier molecular flexibility index (Phi) is 8.22. The van der Waals surface area contributed by atoms with Gasteiger partial charge in [-0.1, -0.05) is 84.9 Å². The van der Waals surface area contributed by atoms with Gasteiger partial charge in [0.05, 0.1) is 11.1 Å². The Hall–Kier alpha value is -4.71. The second-order valence-corrected chi connectivity index (χ2v) is 8.01. The van der Waals surface area contributed by atoms with E-state index in [4.69, 9.17) is 9.47 Å². The van der Waals surface area contributed by atoms with Crippen molar-refractivity contribution >= 4 is 17.8 Å². The van der Waals surface area contributed by atoms with E-state index in [2.05, 4.69) is 5.32 Å². The fourth-order valence-electron chi connectivity index (χ4n) is 3.65. The summed E-state index contributed by atoms with van der Waals surface area (Å²) in [6.45, 7) is -0.214. The zero-order chi connectivity index (χ0) is 25.2. The molecular formula is C30H25NO5. The van der Waals surface area contributed by atoms with Crippen LogP contribution in [-0.4, -0.2) is 30.5 Å². The van der Waals surface area contributed by atoms with Crippen LogP contribution in [0.15, 0.2) is 121 Å². The van der Waals surface area contributed by atoms with E-state index in [0.29, 0.717) is 22.3 Å². The summed E-state index contributed by atoms with van der Waals surface area (Å²) in [5.74, 6) is -1.48. The lowest BCUT2D eigenvalue weighted by atomic mass is 10.0. The fourth-order valence-corrected chi connectivity index (χ4v) is 3.65. The quantitative estimate of drug-likeness (QED) is 0.332. The summed E-state index contributed by atoms with van der Waals surface area (Å²) < 4.78 is 11.5. The fraction of sp³-hybridized carbons (Fsp3) is 0.100. The summed E-state index contributed by atoms with van der Waals surface area (Å²) in [5.41, 5.74) is 1.82. The monoisotopic (exact) mass is 479 g/mol. The Bertz CT molecular complexity index is 1280. The Morgan fingerprint density at radius 1 is 0.583 bits per heavy atom. The first-order chi connectivity index (χ1) is 17.6. The largest absolute Gasteiger partial charge is 0.460 e. The van der Waals surface area contributed by atoms with E-state index in [0.717, 1.165) is 0 Å². The van der Waals surface area contributed by atoms with E-state index >= 15 is 0 Å². The highest BCUT2D eigenvalue weighted by molar-refractivity contribution is 5.94. The van der Waals surface area contributed by atoms with Gasteiger partial charge >= 0.3 is 11.9 Å². The van der Waals surface area contributed by atoms with Gasteiger partial charge < -0.3 is 14.8 Å². The van der Waals surface area contributed by atoms with Gasteiger partial charge in [-0.15, -0.1) is 0 Å². The third kappa shape index (κ3) is 6.45. The van der Waals surface area contributed by atoms with Crippen molar-refractivity contribution in [3.8, 4) is 0 Å².